The van der Waals surface area contributed by atoms with E-state index in [1.165, 1.54) is 63.1 Å². The third kappa shape index (κ3) is 37.7. The summed E-state index contributed by atoms with van der Waals surface area (Å²) in [5, 5.41) is 38.2. The predicted octanol–water partition coefficient (Wildman–Crippen LogP) is 2.47. The Morgan fingerprint density at radius 1 is 0.481 bits per heavy atom. The fourth-order valence-electron chi connectivity index (χ4n) is 12.2. The van der Waals surface area contributed by atoms with Crippen LogP contribution >= 0.6 is 11.8 Å². The van der Waals surface area contributed by atoms with Crippen molar-refractivity contribution in [1.29, 1.82) is 0 Å². The van der Waals surface area contributed by atoms with Gasteiger partial charge in [0.25, 0.3) is 0 Å². The number of carbonyl (C=O) groups excluding carboxylic acids is 11. The van der Waals surface area contributed by atoms with Crippen LogP contribution in [0.4, 0.5) is 0 Å². The molecule has 0 saturated carbocycles. The smallest absolute Gasteiger partial charge is 0.245 e. The number of H-pyrrole nitrogens is 1. The zero-order valence-corrected chi connectivity index (χ0v) is 65.3. The van der Waals surface area contributed by atoms with Crippen LogP contribution in [0.2, 0.25) is 0 Å². The molecule has 24 N–H and O–H groups in total. The second-order valence-corrected chi connectivity index (χ2v) is 29.1. The highest BCUT2D eigenvalue weighted by Gasteiger charge is 2.37. The number of guanidine groups is 2. The molecule has 31 nitrogen and oxygen atoms in total. The number of hydrogen-bond acceptors (Lipinski definition) is 16. The van der Waals surface area contributed by atoms with Gasteiger partial charge in [0, 0.05) is 49.5 Å². The number of nitrogens with one attached hydrogen (secondary N) is 11. The van der Waals surface area contributed by atoms with E-state index in [4.69, 9.17) is 34.4 Å². The molecular weight excluding hydrogens is 1400 g/mol. The largest absolute Gasteiger partial charge is 0.394 e. The van der Waals surface area contributed by atoms with Crippen LogP contribution in [0.5, 0.6) is 0 Å². The van der Waals surface area contributed by atoms with Gasteiger partial charge in [-0.3, -0.25) is 62.7 Å². The Morgan fingerprint density at radius 2 is 0.926 bits per heavy atom. The van der Waals surface area contributed by atoms with Gasteiger partial charge in [0.1, 0.15) is 54.4 Å². The van der Waals surface area contributed by atoms with Crippen LogP contribution in [0, 0.1) is 11.8 Å². The molecule has 0 spiro atoms. The van der Waals surface area contributed by atoms with Gasteiger partial charge >= 0.3 is 0 Å². The van der Waals surface area contributed by atoms with Crippen molar-refractivity contribution in [3.63, 3.8) is 0 Å². The first kappa shape index (κ1) is 93.2. The van der Waals surface area contributed by atoms with E-state index in [0.29, 0.717) is 42.6 Å². The summed E-state index contributed by atoms with van der Waals surface area (Å²) in [6.07, 6.45) is 19.8. The molecule has 11 amide bonds. The number of thioether (sulfide) groups is 1. The highest BCUT2D eigenvalue weighted by molar-refractivity contribution is 7.98. The van der Waals surface area contributed by atoms with Crippen LogP contribution in [0.25, 0.3) is 10.9 Å². The number of nitrogens with two attached hydrogens (primary N) is 6. The molecule has 0 saturated heterocycles. The first-order valence-corrected chi connectivity index (χ1v) is 39.9. The van der Waals surface area contributed by atoms with Gasteiger partial charge < -0.3 is 97.7 Å². The zero-order chi connectivity index (χ0) is 79.8. The van der Waals surface area contributed by atoms with E-state index < -0.39 is 127 Å². The second-order valence-electron chi connectivity index (χ2n) is 28.1. The lowest BCUT2D eigenvalue weighted by Crippen LogP contribution is -2.61. The van der Waals surface area contributed by atoms with Gasteiger partial charge in [-0.1, -0.05) is 167 Å². The van der Waals surface area contributed by atoms with Gasteiger partial charge in [-0.15, -0.1) is 0 Å². The molecule has 0 fully saturated rings. The molecule has 2 aromatic carbocycles. The molecule has 0 unspecified atom stereocenters. The van der Waals surface area contributed by atoms with Crippen LogP contribution in [-0.2, 0) is 65.6 Å². The summed E-state index contributed by atoms with van der Waals surface area (Å²) < 4.78 is 0. The number of nitrogens with zero attached hydrogens (tertiary/aromatic N) is 2. The van der Waals surface area contributed by atoms with E-state index in [0.717, 1.165) is 36.6 Å². The fourth-order valence-corrected chi connectivity index (χ4v) is 12.7. The number of primary amides is 1. The third-order valence-corrected chi connectivity index (χ3v) is 19.2. The maximum absolute atomic E-state index is 15.1. The number of aliphatic hydroxyl groups excluding tert-OH is 1. The summed E-state index contributed by atoms with van der Waals surface area (Å²) in [5.74, 6) is -9.11. The van der Waals surface area contributed by atoms with Gasteiger partial charge in [-0.25, -0.2) is 0 Å². The van der Waals surface area contributed by atoms with Crippen molar-refractivity contribution < 1.29 is 57.8 Å². The summed E-state index contributed by atoms with van der Waals surface area (Å²) in [6, 6.07) is 4.04. The van der Waals surface area contributed by atoms with Crippen LogP contribution in [0.3, 0.4) is 0 Å². The first-order valence-electron chi connectivity index (χ1n) is 38.5. The number of unbranched alkanes of at least 4 members (excludes halogenated alkanes) is 13. The third-order valence-electron chi connectivity index (χ3n) is 18.6. The first-order chi connectivity index (χ1) is 51.7. The van der Waals surface area contributed by atoms with Gasteiger partial charge in [0.05, 0.1) is 13.2 Å². The summed E-state index contributed by atoms with van der Waals surface area (Å²) in [6.45, 7) is 8.28. The number of aromatic nitrogens is 1. The molecular formula is C76H127N19O12S. The zero-order valence-electron chi connectivity index (χ0n) is 64.5. The molecule has 108 heavy (non-hydrogen) atoms. The Bertz CT molecular complexity index is 3300. The van der Waals surface area contributed by atoms with Crippen LogP contribution in [-0.4, -0.2) is 186 Å². The normalized spacial score (nSPS) is 14.0. The number of fused-ring (bicyclic) bond motifs is 1. The quantitative estimate of drug-likeness (QED) is 0.0219. The minimum atomic E-state index is -1.58. The highest BCUT2D eigenvalue weighted by atomic mass is 32.2. The van der Waals surface area contributed by atoms with E-state index >= 15 is 9.59 Å². The SMILES string of the molecule is CCCCCCCCCCCCCCCC(=O)NCC(=O)N[C@@H](CO)C(=O)N[C@@H](CCCN=C(N)N)C(=O)N[C@@H](CC(C)C)C(=O)N[C@@H](CCCN=C(N)N)C(=O)N[C@@H](CCCCN)C(=O)N[C@@H](Cc1c[nH]c2ccccc12)C(=O)N[C@@H](CCSC)C(=O)N[C@@H](Cc1ccccc1)C(=O)N[C@H](C(N)=O)[C@@H](C)CC. The number of benzene rings is 2. The van der Waals surface area contributed by atoms with Crippen LogP contribution < -0.4 is 87.6 Å². The molecule has 3 rings (SSSR count). The molecule has 0 bridgehead atoms. The van der Waals surface area contributed by atoms with Gasteiger partial charge in [0.15, 0.2) is 11.9 Å². The minimum Gasteiger partial charge on any atom is -0.394 e. The van der Waals surface area contributed by atoms with Gasteiger partial charge in [-0.2, -0.15) is 11.8 Å². The van der Waals surface area contributed by atoms with Gasteiger partial charge in [-0.05, 0) is 112 Å². The summed E-state index contributed by atoms with van der Waals surface area (Å²) in [5.41, 5.74) is 36.2. The lowest BCUT2D eigenvalue weighted by atomic mass is 9.97. The molecule has 32 heteroatoms. The number of para-hydroxylation sites is 1. The molecule has 0 aliphatic carbocycles. The Labute approximate surface area is 641 Å². The van der Waals surface area contributed by atoms with Crippen molar-refractivity contribution in [2.45, 2.75) is 256 Å². The molecule has 0 aliphatic rings. The van der Waals surface area contributed by atoms with E-state index in [1.807, 2.05) is 37.4 Å². The Morgan fingerprint density at radius 3 is 1.42 bits per heavy atom. The predicted molar refractivity (Wildman–Crippen MR) is 424 cm³/mol. The second kappa shape index (κ2) is 53.7. The minimum absolute atomic E-state index is 0.00184. The van der Waals surface area contributed by atoms with E-state index in [-0.39, 0.29) is 114 Å². The highest BCUT2D eigenvalue weighted by Crippen LogP contribution is 2.21. The number of rotatable bonds is 58. The standard InChI is InChI=1S/C76H127N19O12S/c1-7-9-10-11-12-13-14-15-16-17-18-19-23-37-63(97)86-47-64(98)87-62(48-96)74(107)90-57(36-29-41-84-76(81)82)69(102)92-59(43-49(3)4)71(104)89-56(35-28-40-83-75(79)80)67(100)88-55(34-26-27-39-77)68(101)94-61(45-52-46-85-54-33-25-24-32-53(52)54)72(105)91-58(38-42-108-6)70(103)93-60(44-51-30-21-20-22-31-51)73(106)95-65(66(78)99)50(5)8-2/h20-22,24-25,30-33,46,49-50,55-62,65,85,96H,7-19,23,26-29,34-45,47-48,77H2,1-6H3,(H2,78,99)(H,86,97)(H,87,98)(H,88,100)(H,89,104)(H,90,107)(H,91,105)(H,92,102)(H,93,103)(H,94,101)(H,95,106)(H4,79,80,83)(H4,81,82,84)/t50-,55-,56-,57-,58-,59-,60-,61-,62-,65-/m0/s1. The van der Waals surface area contributed by atoms with Crippen molar-refractivity contribution in [3.05, 3.63) is 71.9 Å². The number of carbonyl (C=O) groups is 11. The number of aromatic amines is 1. The average molecular weight is 1530 g/mol. The molecule has 604 valence electrons. The summed E-state index contributed by atoms with van der Waals surface area (Å²) >= 11 is 1.40. The molecule has 0 radical (unpaired) electrons. The van der Waals surface area contributed by atoms with E-state index in [9.17, 15) is 48.3 Å². The van der Waals surface area contributed by atoms with Crippen molar-refractivity contribution in [2.24, 2.45) is 56.2 Å². The number of aliphatic imine (C=N–C) groups is 2. The van der Waals surface area contributed by atoms with Crippen molar-refractivity contribution in [3.8, 4) is 0 Å². The van der Waals surface area contributed by atoms with E-state index in [1.54, 1.807) is 57.3 Å². The lowest BCUT2D eigenvalue weighted by Gasteiger charge is -2.29. The Hall–Kier alpha value is -9.04. The molecule has 1 aromatic heterocycles. The molecule has 0 aliphatic heterocycles. The van der Waals surface area contributed by atoms with Crippen LogP contribution in [0.15, 0.2) is 70.8 Å². The maximum atomic E-state index is 15.1. The summed E-state index contributed by atoms with van der Waals surface area (Å²) in [7, 11) is 0. The van der Waals surface area contributed by atoms with Gasteiger partial charge in [0.2, 0.25) is 65.0 Å². The van der Waals surface area contributed by atoms with Crippen molar-refractivity contribution in [2.75, 3.05) is 44.8 Å². The fraction of sp³-hybridized carbons (Fsp3) is 0.645. The number of aliphatic hydroxyl groups is 1. The molecule has 1 heterocycles. The number of amides is 11. The van der Waals surface area contributed by atoms with Crippen molar-refractivity contribution in [1.82, 2.24) is 58.2 Å². The van der Waals surface area contributed by atoms with E-state index in [2.05, 4.69) is 75.1 Å². The van der Waals surface area contributed by atoms with Crippen molar-refractivity contribution >= 4 is 99.6 Å². The maximum Gasteiger partial charge on any atom is 0.245 e. The summed E-state index contributed by atoms with van der Waals surface area (Å²) in [4.78, 5) is 167. The topological polar surface area (TPSA) is 525 Å². The lowest BCUT2D eigenvalue weighted by molar-refractivity contribution is -0.136. The van der Waals surface area contributed by atoms with Crippen LogP contribution in [0.1, 0.15) is 200 Å². The number of hydrogen-bond donors (Lipinski definition) is 18. The molecule has 10 atom stereocenters. The Kier molecular flexibility index (Phi) is 46.3. The molecule has 3 aromatic rings. The monoisotopic (exact) mass is 1530 g/mol. The Balaban J connectivity index is 1.92. The average Bonchev–Trinajstić information content (AvgIpc) is 1.66.